The SMILES string of the molecule is CC.CCCC1(CCC)CCCO1. The molecule has 0 amide bonds. The summed E-state index contributed by atoms with van der Waals surface area (Å²) < 4.78 is 5.82. The average Bonchev–Trinajstić information content (AvgIpc) is 2.58. The molecular formula is C12H26O. The molecule has 0 aromatic rings. The minimum Gasteiger partial charge on any atom is -0.375 e. The highest BCUT2D eigenvalue weighted by Crippen LogP contribution is 2.34. The van der Waals surface area contributed by atoms with E-state index in [0.29, 0.717) is 5.60 Å². The monoisotopic (exact) mass is 186 g/mol. The van der Waals surface area contributed by atoms with Crippen molar-refractivity contribution in [2.45, 2.75) is 71.8 Å². The standard InChI is InChI=1S/C10H20O.C2H6/c1-3-6-10(7-4-2)8-5-9-11-10;1-2/h3-9H2,1-2H3;1-2H3. The zero-order chi connectivity index (χ0) is 10.2. The molecule has 0 unspecified atom stereocenters. The lowest BCUT2D eigenvalue weighted by Gasteiger charge is -2.27. The fourth-order valence-corrected chi connectivity index (χ4v) is 2.19. The first-order valence-corrected chi connectivity index (χ1v) is 5.97. The Morgan fingerprint density at radius 3 is 1.92 bits per heavy atom. The molecule has 1 heterocycles. The van der Waals surface area contributed by atoms with Crippen molar-refractivity contribution in [3.05, 3.63) is 0 Å². The van der Waals surface area contributed by atoms with Gasteiger partial charge < -0.3 is 4.74 Å². The third-order valence-corrected chi connectivity index (χ3v) is 2.60. The van der Waals surface area contributed by atoms with Crippen LogP contribution in [0.15, 0.2) is 0 Å². The van der Waals surface area contributed by atoms with E-state index in [4.69, 9.17) is 4.74 Å². The molecule has 80 valence electrons. The lowest BCUT2D eigenvalue weighted by molar-refractivity contribution is -0.0107. The second-order valence-corrected chi connectivity index (χ2v) is 3.64. The molecule has 1 saturated heterocycles. The quantitative estimate of drug-likeness (QED) is 0.640. The molecule has 1 nitrogen and oxygen atoms in total. The summed E-state index contributed by atoms with van der Waals surface area (Å²) in [6.45, 7) is 9.50. The van der Waals surface area contributed by atoms with Crippen molar-refractivity contribution in [2.75, 3.05) is 6.61 Å². The molecular weight excluding hydrogens is 160 g/mol. The van der Waals surface area contributed by atoms with Crippen LogP contribution in [0.4, 0.5) is 0 Å². The van der Waals surface area contributed by atoms with Gasteiger partial charge in [0.25, 0.3) is 0 Å². The van der Waals surface area contributed by atoms with Crippen LogP contribution in [0, 0.1) is 0 Å². The average molecular weight is 186 g/mol. The summed E-state index contributed by atoms with van der Waals surface area (Å²) in [5.74, 6) is 0. The molecule has 0 radical (unpaired) electrons. The van der Waals surface area contributed by atoms with Crippen molar-refractivity contribution in [3.63, 3.8) is 0 Å². The van der Waals surface area contributed by atoms with Crippen LogP contribution in [0.25, 0.3) is 0 Å². The van der Waals surface area contributed by atoms with E-state index in [1.54, 1.807) is 0 Å². The van der Waals surface area contributed by atoms with Crippen molar-refractivity contribution in [2.24, 2.45) is 0 Å². The molecule has 0 aliphatic carbocycles. The zero-order valence-electron chi connectivity index (χ0n) is 9.86. The van der Waals surface area contributed by atoms with E-state index in [1.165, 1.54) is 38.5 Å². The van der Waals surface area contributed by atoms with Gasteiger partial charge in [0.1, 0.15) is 0 Å². The van der Waals surface area contributed by atoms with Gasteiger partial charge in [-0.3, -0.25) is 0 Å². The predicted octanol–water partition coefficient (Wildman–Crippen LogP) is 4.16. The Morgan fingerprint density at radius 2 is 1.62 bits per heavy atom. The first-order chi connectivity index (χ1) is 6.33. The van der Waals surface area contributed by atoms with E-state index >= 15 is 0 Å². The summed E-state index contributed by atoms with van der Waals surface area (Å²) in [4.78, 5) is 0. The maximum absolute atomic E-state index is 5.82. The number of ether oxygens (including phenoxy) is 1. The molecule has 1 aliphatic rings. The largest absolute Gasteiger partial charge is 0.375 e. The Kier molecular flexibility index (Phi) is 7.35. The summed E-state index contributed by atoms with van der Waals surface area (Å²) in [5, 5.41) is 0. The zero-order valence-corrected chi connectivity index (χ0v) is 9.86. The van der Waals surface area contributed by atoms with Crippen LogP contribution >= 0.6 is 0 Å². The number of rotatable bonds is 4. The van der Waals surface area contributed by atoms with Crippen molar-refractivity contribution in [1.82, 2.24) is 0 Å². The second-order valence-electron chi connectivity index (χ2n) is 3.64. The highest BCUT2D eigenvalue weighted by Gasteiger charge is 2.32. The lowest BCUT2D eigenvalue weighted by atomic mass is 9.90. The molecule has 0 saturated carbocycles. The van der Waals surface area contributed by atoms with E-state index in [1.807, 2.05) is 13.8 Å². The number of hydrogen-bond donors (Lipinski definition) is 0. The normalized spacial score (nSPS) is 19.4. The Morgan fingerprint density at radius 1 is 1.08 bits per heavy atom. The van der Waals surface area contributed by atoms with Gasteiger partial charge in [0.05, 0.1) is 5.60 Å². The molecule has 0 bridgehead atoms. The topological polar surface area (TPSA) is 9.23 Å². The van der Waals surface area contributed by atoms with Crippen LogP contribution in [0.2, 0.25) is 0 Å². The summed E-state index contributed by atoms with van der Waals surface area (Å²) in [5.41, 5.74) is 0.295. The summed E-state index contributed by atoms with van der Waals surface area (Å²) in [7, 11) is 0. The summed E-state index contributed by atoms with van der Waals surface area (Å²) in [6, 6.07) is 0. The first kappa shape index (κ1) is 13.0. The van der Waals surface area contributed by atoms with Crippen LogP contribution in [0.1, 0.15) is 66.2 Å². The van der Waals surface area contributed by atoms with Gasteiger partial charge in [-0.1, -0.05) is 40.5 Å². The molecule has 1 heteroatoms. The Balaban J connectivity index is 0.000000671. The first-order valence-electron chi connectivity index (χ1n) is 5.97. The molecule has 0 aromatic heterocycles. The Labute approximate surface area is 83.9 Å². The van der Waals surface area contributed by atoms with E-state index in [2.05, 4.69) is 13.8 Å². The van der Waals surface area contributed by atoms with Gasteiger partial charge in [-0.2, -0.15) is 0 Å². The van der Waals surface area contributed by atoms with Crippen molar-refractivity contribution in [1.29, 1.82) is 0 Å². The van der Waals surface area contributed by atoms with Crippen LogP contribution in [-0.2, 0) is 4.74 Å². The maximum Gasteiger partial charge on any atom is 0.0683 e. The van der Waals surface area contributed by atoms with Gasteiger partial charge in [-0.05, 0) is 25.7 Å². The maximum atomic E-state index is 5.82. The second kappa shape index (κ2) is 7.37. The van der Waals surface area contributed by atoms with Crippen molar-refractivity contribution in [3.8, 4) is 0 Å². The van der Waals surface area contributed by atoms with Gasteiger partial charge in [0.2, 0.25) is 0 Å². The van der Waals surface area contributed by atoms with E-state index in [9.17, 15) is 0 Å². The summed E-state index contributed by atoms with van der Waals surface area (Å²) >= 11 is 0. The Bertz CT molecular complexity index is 95.7. The third kappa shape index (κ3) is 4.12. The highest BCUT2D eigenvalue weighted by molar-refractivity contribution is 4.83. The lowest BCUT2D eigenvalue weighted by Crippen LogP contribution is -2.26. The van der Waals surface area contributed by atoms with E-state index in [0.717, 1.165) is 6.61 Å². The van der Waals surface area contributed by atoms with Crippen LogP contribution in [-0.4, -0.2) is 12.2 Å². The van der Waals surface area contributed by atoms with Crippen molar-refractivity contribution >= 4 is 0 Å². The highest BCUT2D eigenvalue weighted by atomic mass is 16.5. The molecule has 1 fully saturated rings. The van der Waals surface area contributed by atoms with Gasteiger partial charge in [-0.25, -0.2) is 0 Å². The van der Waals surface area contributed by atoms with Gasteiger partial charge in [0.15, 0.2) is 0 Å². The molecule has 13 heavy (non-hydrogen) atoms. The smallest absolute Gasteiger partial charge is 0.0683 e. The molecule has 0 aromatic carbocycles. The van der Waals surface area contributed by atoms with E-state index in [-0.39, 0.29) is 0 Å². The molecule has 0 atom stereocenters. The van der Waals surface area contributed by atoms with Crippen molar-refractivity contribution < 1.29 is 4.74 Å². The fourth-order valence-electron chi connectivity index (χ4n) is 2.19. The third-order valence-electron chi connectivity index (χ3n) is 2.60. The van der Waals surface area contributed by atoms with Gasteiger partial charge in [-0.15, -0.1) is 0 Å². The molecule has 1 aliphatic heterocycles. The fraction of sp³-hybridized carbons (Fsp3) is 1.00. The van der Waals surface area contributed by atoms with Gasteiger partial charge in [0, 0.05) is 6.61 Å². The van der Waals surface area contributed by atoms with Crippen LogP contribution in [0.5, 0.6) is 0 Å². The molecule has 0 N–H and O–H groups in total. The Hall–Kier alpha value is -0.0400. The minimum atomic E-state index is 0.295. The minimum absolute atomic E-state index is 0.295. The molecule has 0 spiro atoms. The predicted molar refractivity (Wildman–Crippen MR) is 59.1 cm³/mol. The molecule has 1 rings (SSSR count). The van der Waals surface area contributed by atoms with Gasteiger partial charge >= 0.3 is 0 Å². The van der Waals surface area contributed by atoms with Crippen LogP contribution in [0.3, 0.4) is 0 Å². The number of hydrogen-bond acceptors (Lipinski definition) is 1. The van der Waals surface area contributed by atoms with Crippen LogP contribution < -0.4 is 0 Å². The summed E-state index contributed by atoms with van der Waals surface area (Å²) in [6.07, 6.45) is 7.64. The van der Waals surface area contributed by atoms with E-state index < -0.39 is 0 Å².